The number of para-hydroxylation sites is 1. The summed E-state index contributed by atoms with van der Waals surface area (Å²) in [5.41, 5.74) is 2.02. The second-order valence-electron chi connectivity index (χ2n) is 12.0. The van der Waals surface area contributed by atoms with Crippen LogP contribution in [0.15, 0.2) is 40.9 Å². The van der Waals surface area contributed by atoms with Gasteiger partial charge in [-0.25, -0.2) is 0 Å². The van der Waals surface area contributed by atoms with Crippen molar-refractivity contribution in [2.45, 2.75) is 62.8 Å². The van der Waals surface area contributed by atoms with Crippen molar-refractivity contribution in [3.8, 4) is 5.75 Å². The summed E-state index contributed by atoms with van der Waals surface area (Å²) in [6, 6.07) is 10.4. The van der Waals surface area contributed by atoms with E-state index in [0.717, 1.165) is 67.8 Å². The molecule has 3 aliphatic rings. The molecule has 9 nitrogen and oxygen atoms in total. The molecule has 0 spiro atoms. The third kappa shape index (κ3) is 7.00. The van der Waals surface area contributed by atoms with Crippen LogP contribution in [0.3, 0.4) is 0 Å². The predicted octanol–water partition coefficient (Wildman–Crippen LogP) is 5.40. The molecule has 2 aromatic carbocycles. The minimum Gasteiger partial charge on any atom is -0.490 e. The summed E-state index contributed by atoms with van der Waals surface area (Å²) in [6.07, 6.45) is -1.09. The minimum atomic E-state index is -4.49. The number of carbonyl (C=O) groups is 2. The molecule has 45 heavy (non-hydrogen) atoms. The number of rotatable bonds is 8. The van der Waals surface area contributed by atoms with Gasteiger partial charge in [-0.1, -0.05) is 34.1 Å². The number of amides is 2. The van der Waals surface area contributed by atoms with Gasteiger partial charge in [-0.3, -0.25) is 24.5 Å². The first-order valence-corrected chi connectivity index (χ1v) is 16.3. The normalized spacial score (nSPS) is 23.4. The number of fused-ring (bicyclic) bond motifs is 1. The van der Waals surface area contributed by atoms with Gasteiger partial charge in [0.15, 0.2) is 0 Å². The molecular formula is C32H37BrF3N5O4. The van der Waals surface area contributed by atoms with E-state index in [0.29, 0.717) is 32.3 Å². The molecule has 1 saturated carbocycles. The van der Waals surface area contributed by atoms with Crippen molar-refractivity contribution < 1.29 is 32.2 Å². The Morgan fingerprint density at radius 3 is 2.40 bits per heavy atom. The lowest BCUT2D eigenvalue weighted by molar-refractivity contribution is -0.140. The number of nitrogens with one attached hydrogen (secondary N) is 1. The number of benzene rings is 2. The fourth-order valence-corrected chi connectivity index (χ4v) is 7.32. The molecule has 13 heteroatoms. The van der Waals surface area contributed by atoms with Crippen molar-refractivity contribution in [3.05, 3.63) is 52.1 Å². The van der Waals surface area contributed by atoms with Crippen LogP contribution < -0.4 is 15.0 Å². The quantitative estimate of drug-likeness (QED) is 0.317. The molecule has 1 aromatic heterocycles. The zero-order valence-electron chi connectivity index (χ0n) is 25.1. The Bertz CT molecular complexity index is 1550. The Morgan fingerprint density at radius 2 is 1.69 bits per heavy atom. The van der Waals surface area contributed by atoms with E-state index in [1.165, 1.54) is 12.1 Å². The van der Waals surface area contributed by atoms with Crippen LogP contribution in [0.25, 0.3) is 10.9 Å². The number of halogens is 4. The van der Waals surface area contributed by atoms with Gasteiger partial charge in [0.25, 0.3) is 0 Å². The van der Waals surface area contributed by atoms with Crippen LogP contribution >= 0.6 is 15.9 Å². The monoisotopic (exact) mass is 691 g/mol. The number of piperazine rings is 1. The third-order valence-electron chi connectivity index (χ3n) is 9.09. The van der Waals surface area contributed by atoms with Crippen LogP contribution in [0.5, 0.6) is 5.75 Å². The topological polar surface area (TPSA) is 88.9 Å². The van der Waals surface area contributed by atoms with E-state index in [4.69, 9.17) is 14.6 Å². The molecule has 2 aliphatic heterocycles. The van der Waals surface area contributed by atoms with Crippen LogP contribution in [0.4, 0.5) is 18.9 Å². The summed E-state index contributed by atoms with van der Waals surface area (Å²) in [4.78, 5) is 28.9. The fraction of sp³-hybridized carbons (Fsp3) is 0.531. The van der Waals surface area contributed by atoms with Gasteiger partial charge in [-0.15, -0.1) is 0 Å². The first kappa shape index (κ1) is 31.8. The van der Waals surface area contributed by atoms with Gasteiger partial charge in [-0.2, -0.15) is 18.3 Å². The number of nitrogens with zero attached hydrogens (tertiary/aromatic N) is 4. The summed E-state index contributed by atoms with van der Waals surface area (Å²) in [7, 11) is 1.90. The van der Waals surface area contributed by atoms with Crippen LogP contribution in [-0.4, -0.2) is 78.0 Å². The highest BCUT2D eigenvalue weighted by Crippen LogP contribution is 2.42. The summed E-state index contributed by atoms with van der Waals surface area (Å²) >= 11 is 3.01. The highest BCUT2D eigenvalue weighted by molar-refractivity contribution is 9.10. The highest BCUT2D eigenvalue weighted by Gasteiger charge is 2.38. The van der Waals surface area contributed by atoms with Crippen molar-refractivity contribution in [1.29, 1.82) is 0 Å². The van der Waals surface area contributed by atoms with Crippen LogP contribution in [0.1, 0.15) is 55.7 Å². The number of hydrogen-bond acceptors (Lipinski definition) is 7. The number of imide groups is 1. The van der Waals surface area contributed by atoms with E-state index < -0.39 is 17.7 Å². The maximum Gasteiger partial charge on any atom is 0.421 e. The first-order chi connectivity index (χ1) is 21.6. The van der Waals surface area contributed by atoms with Gasteiger partial charge in [-0.05, 0) is 50.3 Å². The average Bonchev–Trinajstić information content (AvgIpc) is 3.34. The summed E-state index contributed by atoms with van der Waals surface area (Å²) in [6.45, 7) is 4.87. The number of aryl methyl sites for hydroxylation is 1. The van der Waals surface area contributed by atoms with Gasteiger partial charge >= 0.3 is 6.18 Å². The summed E-state index contributed by atoms with van der Waals surface area (Å²) < 4.78 is 54.4. The van der Waals surface area contributed by atoms with Crippen LogP contribution in [0.2, 0.25) is 0 Å². The number of anilines is 1. The molecule has 1 aliphatic carbocycles. The molecule has 3 fully saturated rings. The number of ether oxygens (including phenoxy) is 2. The molecule has 0 bridgehead atoms. The number of aromatic nitrogens is 2. The molecular weight excluding hydrogens is 655 g/mol. The number of piperidine rings is 1. The Kier molecular flexibility index (Phi) is 9.39. The van der Waals surface area contributed by atoms with Crippen molar-refractivity contribution >= 4 is 44.3 Å². The van der Waals surface area contributed by atoms with Crippen LogP contribution in [-0.2, 0) is 27.5 Å². The minimum absolute atomic E-state index is 0.0155. The standard InChI is InChI=1S/C32H37BrF3N5O4/c1-39-30-22(29(38-39)23-12-13-27(42)37-31(23)43)4-2-6-25(30)41-16-14-40(15-17-41)18-19-44-20-8-10-21(11-9-20)45-26-7-3-5-24(33)28(26)32(34,35)36/h2-7,20-21,23H,8-19H2,1H3,(H,37,42,43). The van der Waals surface area contributed by atoms with Gasteiger partial charge in [0.1, 0.15) is 11.3 Å². The molecule has 3 heterocycles. The maximum atomic E-state index is 13.5. The van der Waals surface area contributed by atoms with Gasteiger partial charge in [0.2, 0.25) is 11.8 Å². The molecule has 2 amide bonds. The third-order valence-corrected chi connectivity index (χ3v) is 9.75. The molecule has 2 saturated heterocycles. The molecule has 1 unspecified atom stereocenters. The predicted molar refractivity (Wildman–Crippen MR) is 166 cm³/mol. The molecule has 1 atom stereocenters. The highest BCUT2D eigenvalue weighted by atomic mass is 79.9. The van der Waals surface area contributed by atoms with E-state index >= 15 is 0 Å². The zero-order chi connectivity index (χ0) is 31.7. The van der Waals surface area contributed by atoms with E-state index in [-0.39, 0.29) is 34.2 Å². The maximum absolute atomic E-state index is 13.5. The first-order valence-electron chi connectivity index (χ1n) is 15.5. The Hall–Kier alpha value is -3.16. The molecule has 1 N–H and O–H groups in total. The summed E-state index contributed by atoms with van der Waals surface area (Å²) in [5, 5.41) is 8.11. The SMILES string of the molecule is Cn1nc(C2CCC(=O)NC2=O)c2cccc(N3CCN(CCOC4CCC(Oc5cccc(Br)c5C(F)(F)F)CC4)CC3)c21. The van der Waals surface area contributed by atoms with Gasteiger partial charge < -0.3 is 14.4 Å². The molecule has 6 rings (SSSR count). The number of hydrogen-bond donors (Lipinski definition) is 1. The Balaban J connectivity index is 0.970. The lowest BCUT2D eigenvalue weighted by Gasteiger charge is -2.36. The molecule has 3 aromatic rings. The number of alkyl halides is 3. The van der Waals surface area contributed by atoms with E-state index in [1.807, 2.05) is 23.9 Å². The fourth-order valence-electron chi connectivity index (χ4n) is 6.75. The van der Waals surface area contributed by atoms with E-state index in [9.17, 15) is 22.8 Å². The Morgan fingerprint density at radius 1 is 0.978 bits per heavy atom. The number of carbonyl (C=O) groups excluding carboxylic acids is 2. The lowest BCUT2D eigenvalue weighted by Crippen LogP contribution is -2.47. The second kappa shape index (κ2) is 13.3. The van der Waals surface area contributed by atoms with E-state index in [2.05, 4.69) is 37.1 Å². The molecule has 242 valence electrons. The average molecular weight is 693 g/mol. The van der Waals surface area contributed by atoms with E-state index in [1.54, 1.807) is 6.07 Å². The van der Waals surface area contributed by atoms with Crippen molar-refractivity contribution in [3.63, 3.8) is 0 Å². The van der Waals surface area contributed by atoms with Gasteiger partial charge in [0.05, 0.1) is 41.6 Å². The zero-order valence-corrected chi connectivity index (χ0v) is 26.7. The van der Waals surface area contributed by atoms with Crippen molar-refractivity contribution in [2.75, 3.05) is 44.2 Å². The van der Waals surface area contributed by atoms with Crippen molar-refractivity contribution in [2.24, 2.45) is 7.05 Å². The largest absolute Gasteiger partial charge is 0.490 e. The summed E-state index contributed by atoms with van der Waals surface area (Å²) in [5.74, 6) is -1.08. The molecule has 0 radical (unpaired) electrons. The van der Waals surface area contributed by atoms with Crippen LogP contribution in [0, 0.1) is 0 Å². The second-order valence-corrected chi connectivity index (χ2v) is 12.9. The van der Waals surface area contributed by atoms with Crippen molar-refractivity contribution in [1.82, 2.24) is 20.0 Å². The Labute approximate surface area is 268 Å². The van der Waals surface area contributed by atoms with Gasteiger partial charge in [0, 0.05) is 56.1 Å². The smallest absolute Gasteiger partial charge is 0.421 e. The lowest BCUT2D eigenvalue weighted by atomic mass is 9.92.